The molecule has 0 heterocycles. The van der Waals surface area contributed by atoms with Gasteiger partial charge in [0.05, 0.1) is 6.42 Å². The molecular formula is C8H17NO2. The summed E-state index contributed by atoms with van der Waals surface area (Å²) in [6.45, 7) is 4.31. The van der Waals surface area contributed by atoms with Crippen molar-refractivity contribution in [2.45, 2.75) is 39.5 Å². The van der Waals surface area contributed by atoms with E-state index < -0.39 is 0 Å². The SMILES string of the molecule is CC(C)CCCCC(=O)[NH2+][O-]. The van der Waals surface area contributed by atoms with Crippen molar-refractivity contribution in [2.75, 3.05) is 0 Å². The molecule has 0 fully saturated rings. The Balaban J connectivity index is 3.08. The van der Waals surface area contributed by atoms with Crippen LogP contribution in [0.2, 0.25) is 0 Å². The average Bonchev–Trinajstić information content (AvgIpc) is 1.97. The molecule has 0 atom stereocenters. The van der Waals surface area contributed by atoms with Crippen LogP contribution >= 0.6 is 0 Å². The number of quaternary nitrogens is 1. The highest BCUT2D eigenvalue weighted by Crippen LogP contribution is 2.06. The number of hydroxylamine groups is 1. The third kappa shape index (κ3) is 7.49. The Bertz CT molecular complexity index is 113. The van der Waals surface area contributed by atoms with Crippen LogP contribution in [0.3, 0.4) is 0 Å². The fourth-order valence-corrected chi connectivity index (χ4v) is 0.911. The van der Waals surface area contributed by atoms with Gasteiger partial charge in [0.1, 0.15) is 0 Å². The second-order valence-electron chi connectivity index (χ2n) is 3.22. The number of carbonyl (C=O) groups is 1. The molecule has 0 aliphatic heterocycles. The van der Waals surface area contributed by atoms with E-state index in [2.05, 4.69) is 13.8 Å². The van der Waals surface area contributed by atoms with Gasteiger partial charge in [0, 0.05) is 0 Å². The van der Waals surface area contributed by atoms with Crippen molar-refractivity contribution < 1.29 is 10.3 Å². The zero-order valence-electron chi connectivity index (χ0n) is 7.30. The van der Waals surface area contributed by atoms with E-state index in [1.165, 1.54) is 0 Å². The highest BCUT2D eigenvalue weighted by Gasteiger charge is 2.00. The van der Waals surface area contributed by atoms with Crippen LogP contribution in [0.4, 0.5) is 0 Å². The van der Waals surface area contributed by atoms with E-state index in [0.29, 0.717) is 17.8 Å². The molecule has 0 saturated carbocycles. The van der Waals surface area contributed by atoms with E-state index in [-0.39, 0.29) is 5.91 Å². The molecule has 0 radical (unpaired) electrons. The monoisotopic (exact) mass is 159 g/mol. The first-order valence-corrected chi connectivity index (χ1v) is 4.15. The summed E-state index contributed by atoms with van der Waals surface area (Å²) in [5.41, 5.74) is 0.412. The number of hydrogen-bond donors (Lipinski definition) is 1. The van der Waals surface area contributed by atoms with Gasteiger partial charge in [-0.05, 0) is 12.3 Å². The predicted molar refractivity (Wildman–Crippen MR) is 43.6 cm³/mol. The highest BCUT2D eigenvalue weighted by atomic mass is 16.5. The van der Waals surface area contributed by atoms with Crippen molar-refractivity contribution in [3.63, 3.8) is 0 Å². The normalized spacial score (nSPS) is 10.5. The number of rotatable bonds is 5. The van der Waals surface area contributed by atoms with Gasteiger partial charge in [-0.1, -0.05) is 26.7 Å². The molecule has 0 aromatic rings. The maximum Gasteiger partial charge on any atom is 0.310 e. The number of hydrogen-bond acceptors (Lipinski definition) is 2. The lowest BCUT2D eigenvalue weighted by Crippen LogP contribution is -2.81. The Morgan fingerprint density at radius 3 is 2.55 bits per heavy atom. The summed E-state index contributed by atoms with van der Waals surface area (Å²) < 4.78 is 0. The van der Waals surface area contributed by atoms with Crippen LogP contribution < -0.4 is 5.48 Å². The van der Waals surface area contributed by atoms with E-state index in [1.54, 1.807) is 0 Å². The van der Waals surface area contributed by atoms with Gasteiger partial charge in [-0.15, -0.1) is 0 Å². The molecule has 0 aromatic heterocycles. The minimum Gasteiger partial charge on any atom is -0.628 e. The molecule has 0 rings (SSSR count). The Morgan fingerprint density at radius 2 is 2.09 bits per heavy atom. The van der Waals surface area contributed by atoms with Gasteiger partial charge in [0.25, 0.3) is 0 Å². The molecule has 2 N–H and O–H groups in total. The van der Waals surface area contributed by atoms with Gasteiger partial charge < -0.3 is 10.7 Å². The third-order valence-corrected chi connectivity index (χ3v) is 1.59. The zero-order chi connectivity index (χ0) is 8.69. The minimum absolute atomic E-state index is 0.270. The molecule has 0 spiro atoms. The molecule has 0 bridgehead atoms. The average molecular weight is 159 g/mol. The number of unbranched alkanes of at least 4 members (excludes halogenated alkanes) is 1. The highest BCUT2D eigenvalue weighted by molar-refractivity contribution is 5.65. The van der Waals surface area contributed by atoms with Gasteiger partial charge in [0.15, 0.2) is 0 Å². The molecule has 3 nitrogen and oxygen atoms in total. The van der Waals surface area contributed by atoms with Gasteiger partial charge >= 0.3 is 5.91 Å². The Morgan fingerprint density at radius 1 is 1.45 bits per heavy atom. The molecule has 1 amide bonds. The number of primary amides is 1. The number of amides is 1. The van der Waals surface area contributed by atoms with Crippen LogP contribution in [0.5, 0.6) is 0 Å². The topological polar surface area (TPSA) is 56.7 Å². The predicted octanol–water partition coefficient (Wildman–Crippen LogP) is 0.791. The first kappa shape index (κ1) is 10.6. The molecule has 11 heavy (non-hydrogen) atoms. The quantitative estimate of drug-likeness (QED) is 0.476. The minimum atomic E-state index is -0.270. The van der Waals surface area contributed by atoms with Gasteiger partial charge in [-0.2, -0.15) is 0 Å². The second kappa shape index (κ2) is 6.31. The Labute approximate surface area is 67.8 Å². The number of nitrogens with two attached hydrogens (primary N) is 1. The fourth-order valence-electron chi connectivity index (χ4n) is 0.911. The molecule has 0 aromatic carbocycles. The maximum absolute atomic E-state index is 10.5. The van der Waals surface area contributed by atoms with Crippen molar-refractivity contribution in [1.82, 2.24) is 0 Å². The summed E-state index contributed by atoms with van der Waals surface area (Å²) in [6, 6.07) is 0. The van der Waals surface area contributed by atoms with Gasteiger partial charge in [0.2, 0.25) is 0 Å². The Hall–Kier alpha value is -0.410. The van der Waals surface area contributed by atoms with E-state index in [9.17, 15) is 10.0 Å². The smallest absolute Gasteiger partial charge is 0.310 e. The van der Waals surface area contributed by atoms with Crippen molar-refractivity contribution >= 4 is 5.91 Å². The largest absolute Gasteiger partial charge is 0.628 e. The number of carbonyl (C=O) groups excluding carboxylic acids is 1. The van der Waals surface area contributed by atoms with Crippen molar-refractivity contribution in [2.24, 2.45) is 5.92 Å². The molecule has 0 unspecified atom stereocenters. The zero-order valence-corrected chi connectivity index (χ0v) is 7.30. The molecule has 0 aliphatic rings. The second-order valence-corrected chi connectivity index (χ2v) is 3.22. The van der Waals surface area contributed by atoms with Crippen molar-refractivity contribution in [1.29, 1.82) is 0 Å². The van der Waals surface area contributed by atoms with Crippen molar-refractivity contribution in [3.8, 4) is 0 Å². The van der Waals surface area contributed by atoms with Crippen molar-refractivity contribution in [3.05, 3.63) is 5.21 Å². The molecule has 66 valence electrons. The third-order valence-electron chi connectivity index (χ3n) is 1.59. The first-order chi connectivity index (χ1) is 5.16. The van der Waals surface area contributed by atoms with Gasteiger partial charge in [-0.25, -0.2) is 4.79 Å². The van der Waals surface area contributed by atoms with Crippen LogP contribution in [-0.4, -0.2) is 5.91 Å². The fraction of sp³-hybridized carbons (Fsp3) is 0.875. The molecule has 3 heteroatoms. The summed E-state index contributed by atoms with van der Waals surface area (Å²) in [7, 11) is 0. The molecule has 0 saturated heterocycles. The van der Waals surface area contributed by atoms with E-state index in [1.807, 2.05) is 0 Å². The lowest BCUT2D eigenvalue weighted by Gasteiger charge is -2.03. The standard InChI is InChI=1S/C8H17NO2/c1-7(2)5-3-4-6-8(10)9-11/h7H,3-6,9H2,1-2H3. The lowest BCUT2D eigenvalue weighted by atomic mass is 10.1. The van der Waals surface area contributed by atoms with Crippen LogP contribution in [0, 0.1) is 11.1 Å². The molecule has 0 aliphatic carbocycles. The first-order valence-electron chi connectivity index (χ1n) is 4.15. The maximum atomic E-state index is 10.5. The summed E-state index contributed by atoms with van der Waals surface area (Å²) in [4.78, 5) is 10.5. The van der Waals surface area contributed by atoms with Gasteiger partial charge in [-0.3, -0.25) is 0 Å². The van der Waals surface area contributed by atoms with Crippen LogP contribution in [0.1, 0.15) is 39.5 Å². The molecular weight excluding hydrogens is 142 g/mol. The van der Waals surface area contributed by atoms with E-state index >= 15 is 0 Å². The van der Waals surface area contributed by atoms with Crippen LogP contribution in [0.25, 0.3) is 0 Å². The summed E-state index contributed by atoms with van der Waals surface area (Å²) in [5, 5.41) is 9.88. The van der Waals surface area contributed by atoms with Crippen LogP contribution in [0.15, 0.2) is 0 Å². The van der Waals surface area contributed by atoms with Crippen LogP contribution in [-0.2, 0) is 4.79 Å². The van der Waals surface area contributed by atoms with E-state index in [4.69, 9.17) is 0 Å². The summed E-state index contributed by atoms with van der Waals surface area (Å²) in [5.74, 6) is 0.426. The van der Waals surface area contributed by atoms with E-state index in [0.717, 1.165) is 19.3 Å². The summed E-state index contributed by atoms with van der Waals surface area (Å²) >= 11 is 0. The summed E-state index contributed by atoms with van der Waals surface area (Å²) in [6.07, 6.45) is 3.48. The lowest BCUT2D eigenvalue weighted by molar-refractivity contribution is -0.500. The Kier molecular flexibility index (Phi) is 6.07.